The van der Waals surface area contributed by atoms with Crippen LogP contribution in [0, 0.1) is 25.7 Å². The van der Waals surface area contributed by atoms with E-state index in [4.69, 9.17) is 0 Å². The third-order valence-corrected chi connectivity index (χ3v) is 8.29. The fourth-order valence-corrected chi connectivity index (χ4v) is 6.25. The summed E-state index contributed by atoms with van der Waals surface area (Å²) in [5.74, 6) is 2.02. The Morgan fingerprint density at radius 1 is 0.947 bits per heavy atom. The van der Waals surface area contributed by atoms with Gasteiger partial charge in [-0.3, -0.25) is 0 Å². The summed E-state index contributed by atoms with van der Waals surface area (Å²) in [7, 11) is 0. The number of anilines is 1. The molecule has 6 nitrogen and oxygen atoms in total. The number of aryl methyl sites for hydroxylation is 2. The van der Waals surface area contributed by atoms with Gasteiger partial charge in [0.2, 0.25) is 0 Å². The fourth-order valence-electron chi connectivity index (χ4n) is 6.25. The number of rotatable bonds is 6. The van der Waals surface area contributed by atoms with Gasteiger partial charge in [-0.2, -0.15) is 0 Å². The van der Waals surface area contributed by atoms with Gasteiger partial charge in [-0.1, -0.05) is 43.3 Å². The maximum Gasteiger partial charge on any atom is 0.320 e. The van der Waals surface area contributed by atoms with E-state index in [1.165, 1.54) is 22.4 Å². The lowest BCUT2D eigenvalue weighted by molar-refractivity contribution is 0.157. The Labute approximate surface area is 225 Å². The molecule has 2 saturated heterocycles. The standard InChI is InChI=1S/C32H37N5O/c1-4-14-35(32(38)37-20-27-18-36(19-28(27)21-37)29-8-6-5-7-9-29)17-26-15-24(11-10-22(26)2)25-12-13-30-31(16-25)34-23(3)33-30/h5-13,15-16,27-28H,4,14,17-21H2,1-3H3,(H,33,34). The van der Waals surface area contributed by atoms with Crippen molar-refractivity contribution in [2.75, 3.05) is 37.6 Å². The van der Waals surface area contributed by atoms with E-state index in [2.05, 4.69) is 105 Å². The first kappa shape index (κ1) is 24.5. The molecule has 4 aromatic rings. The van der Waals surface area contributed by atoms with Crippen molar-refractivity contribution >= 4 is 22.8 Å². The smallest absolute Gasteiger partial charge is 0.320 e. The number of fused-ring (bicyclic) bond motifs is 2. The fraction of sp³-hybridized carbons (Fsp3) is 0.375. The van der Waals surface area contributed by atoms with Crippen molar-refractivity contribution in [2.24, 2.45) is 11.8 Å². The second kappa shape index (κ2) is 10.2. The number of nitrogens with one attached hydrogen (secondary N) is 1. The quantitative estimate of drug-likeness (QED) is 0.336. The minimum absolute atomic E-state index is 0.187. The monoisotopic (exact) mass is 507 g/mol. The lowest BCUT2D eigenvalue weighted by atomic mass is 9.99. The largest absolute Gasteiger partial charge is 0.371 e. The summed E-state index contributed by atoms with van der Waals surface area (Å²) in [6, 6.07) is 23.8. The summed E-state index contributed by atoms with van der Waals surface area (Å²) < 4.78 is 0. The van der Waals surface area contributed by atoms with E-state index in [0.29, 0.717) is 18.4 Å². The van der Waals surface area contributed by atoms with E-state index in [9.17, 15) is 4.79 Å². The molecule has 2 fully saturated rings. The molecule has 6 heteroatoms. The highest BCUT2D eigenvalue weighted by molar-refractivity contribution is 5.82. The van der Waals surface area contributed by atoms with Gasteiger partial charge in [-0.05, 0) is 72.9 Å². The van der Waals surface area contributed by atoms with Crippen molar-refractivity contribution in [2.45, 2.75) is 33.7 Å². The molecule has 2 amide bonds. The van der Waals surface area contributed by atoms with Crippen LogP contribution in [0.4, 0.5) is 10.5 Å². The molecule has 2 aliphatic heterocycles. The van der Waals surface area contributed by atoms with E-state index in [-0.39, 0.29) is 6.03 Å². The van der Waals surface area contributed by atoms with E-state index >= 15 is 0 Å². The molecule has 0 bridgehead atoms. The number of likely N-dealkylation sites (tertiary alicyclic amines) is 1. The predicted molar refractivity (Wildman–Crippen MR) is 154 cm³/mol. The number of carbonyl (C=O) groups excluding carboxylic acids is 1. The molecule has 1 N–H and O–H groups in total. The van der Waals surface area contributed by atoms with E-state index in [1.54, 1.807) is 0 Å². The molecule has 0 radical (unpaired) electrons. The van der Waals surface area contributed by atoms with Crippen molar-refractivity contribution in [1.82, 2.24) is 19.8 Å². The molecule has 0 saturated carbocycles. The van der Waals surface area contributed by atoms with Crippen LogP contribution in [0.1, 0.15) is 30.3 Å². The van der Waals surface area contributed by atoms with Crippen LogP contribution in [0.25, 0.3) is 22.2 Å². The second-order valence-corrected chi connectivity index (χ2v) is 11.1. The van der Waals surface area contributed by atoms with Gasteiger partial charge in [-0.25, -0.2) is 9.78 Å². The Balaban J connectivity index is 1.16. The number of carbonyl (C=O) groups is 1. The molecule has 2 atom stereocenters. The number of hydrogen-bond acceptors (Lipinski definition) is 3. The molecule has 3 aromatic carbocycles. The third-order valence-electron chi connectivity index (χ3n) is 8.29. The number of hydrogen-bond donors (Lipinski definition) is 1. The molecule has 0 spiro atoms. The van der Waals surface area contributed by atoms with Gasteiger partial charge in [0, 0.05) is 56.8 Å². The molecule has 2 aliphatic rings. The van der Waals surface area contributed by atoms with Gasteiger partial charge >= 0.3 is 6.03 Å². The van der Waals surface area contributed by atoms with Gasteiger partial charge in [0.1, 0.15) is 5.82 Å². The summed E-state index contributed by atoms with van der Waals surface area (Å²) in [5, 5.41) is 0. The average Bonchev–Trinajstić information content (AvgIpc) is 3.61. The number of amides is 2. The van der Waals surface area contributed by atoms with Crippen LogP contribution in [-0.2, 0) is 6.54 Å². The number of imidazole rings is 1. The third kappa shape index (κ3) is 4.75. The van der Waals surface area contributed by atoms with E-state index in [0.717, 1.165) is 61.6 Å². The molecule has 1 aromatic heterocycles. The zero-order valence-corrected chi connectivity index (χ0v) is 22.7. The van der Waals surface area contributed by atoms with Crippen LogP contribution in [0.5, 0.6) is 0 Å². The van der Waals surface area contributed by atoms with Crippen LogP contribution < -0.4 is 4.90 Å². The van der Waals surface area contributed by atoms with Crippen molar-refractivity contribution in [3.05, 3.63) is 83.7 Å². The second-order valence-electron chi connectivity index (χ2n) is 11.1. The number of H-pyrrole nitrogens is 1. The van der Waals surface area contributed by atoms with Gasteiger partial charge < -0.3 is 19.7 Å². The summed E-state index contributed by atoms with van der Waals surface area (Å²) in [6.45, 7) is 11.5. The van der Waals surface area contributed by atoms with Crippen LogP contribution in [0.3, 0.4) is 0 Å². The normalized spacial score (nSPS) is 18.8. The first-order chi connectivity index (χ1) is 18.5. The number of para-hydroxylation sites is 1. The van der Waals surface area contributed by atoms with E-state index < -0.39 is 0 Å². The van der Waals surface area contributed by atoms with Crippen molar-refractivity contribution in [3.8, 4) is 11.1 Å². The zero-order valence-electron chi connectivity index (χ0n) is 22.7. The minimum atomic E-state index is 0.187. The van der Waals surface area contributed by atoms with Crippen LogP contribution >= 0.6 is 0 Å². The summed E-state index contributed by atoms with van der Waals surface area (Å²) in [5.41, 5.74) is 8.09. The number of aromatic amines is 1. The van der Waals surface area contributed by atoms with E-state index in [1.807, 2.05) is 6.92 Å². The Hall–Kier alpha value is -3.80. The highest BCUT2D eigenvalue weighted by atomic mass is 16.2. The number of urea groups is 1. The Bertz CT molecular complexity index is 1430. The lowest BCUT2D eigenvalue weighted by Gasteiger charge is -2.30. The molecular weight excluding hydrogens is 470 g/mol. The zero-order chi connectivity index (χ0) is 26.2. The summed E-state index contributed by atoms with van der Waals surface area (Å²) in [4.78, 5) is 28.3. The van der Waals surface area contributed by atoms with Gasteiger partial charge in [0.15, 0.2) is 0 Å². The highest BCUT2D eigenvalue weighted by Gasteiger charge is 2.42. The lowest BCUT2D eigenvalue weighted by Crippen LogP contribution is -2.43. The predicted octanol–water partition coefficient (Wildman–Crippen LogP) is 6.25. The van der Waals surface area contributed by atoms with Crippen molar-refractivity contribution in [1.29, 1.82) is 0 Å². The maximum atomic E-state index is 13.8. The average molecular weight is 508 g/mol. The van der Waals surface area contributed by atoms with Gasteiger partial charge in [-0.15, -0.1) is 0 Å². The number of benzene rings is 3. The molecule has 2 unspecified atom stereocenters. The highest BCUT2D eigenvalue weighted by Crippen LogP contribution is 2.34. The van der Waals surface area contributed by atoms with Gasteiger partial charge in [0.05, 0.1) is 11.0 Å². The summed E-state index contributed by atoms with van der Waals surface area (Å²) in [6.07, 6.45) is 0.947. The molecule has 196 valence electrons. The van der Waals surface area contributed by atoms with Gasteiger partial charge in [0.25, 0.3) is 0 Å². The Morgan fingerprint density at radius 3 is 2.39 bits per heavy atom. The molecule has 0 aliphatic carbocycles. The Morgan fingerprint density at radius 2 is 1.66 bits per heavy atom. The van der Waals surface area contributed by atoms with Crippen LogP contribution in [0.2, 0.25) is 0 Å². The van der Waals surface area contributed by atoms with Crippen LogP contribution in [0.15, 0.2) is 66.7 Å². The first-order valence-electron chi connectivity index (χ1n) is 13.9. The first-order valence-corrected chi connectivity index (χ1v) is 13.9. The van der Waals surface area contributed by atoms with Crippen LogP contribution in [-0.4, -0.2) is 58.5 Å². The maximum absolute atomic E-state index is 13.8. The number of nitrogens with zero attached hydrogens (tertiary/aromatic N) is 4. The summed E-state index contributed by atoms with van der Waals surface area (Å²) >= 11 is 0. The molecular formula is C32H37N5O. The van der Waals surface area contributed by atoms with Crippen molar-refractivity contribution in [3.63, 3.8) is 0 Å². The number of aromatic nitrogens is 2. The molecule has 6 rings (SSSR count). The molecule has 38 heavy (non-hydrogen) atoms. The minimum Gasteiger partial charge on any atom is -0.371 e. The SMILES string of the molecule is CCCN(Cc1cc(-c2ccc3nc(C)[nH]c3c2)ccc1C)C(=O)N1CC2CN(c3ccccc3)CC2C1. The molecule has 3 heterocycles. The van der Waals surface area contributed by atoms with Crippen molar-refractivity contribution < 1.29 is 4.79 Å². The Kier molecular flexibility index (Phi) is 6.56. The topological polar surface area (TPSA) is 55.5 Å².